The van der Waals surface area contributed by atoms with E-state index in [1.807, 2.05) is 31.2 Å². The van der Waals surface area contributed by atoms with Crippen LogP contribution >= 0.6 is 0 Å². The van der Waals surface area contributed by atoms with Crippen molar-refractivity contribution < 1.29 is 14.2 Å². The fourth-order valence-electron chi connectivity index (χ4n) is 1.47. The zero-order valence-electron chi connectivity index (χ0n) is 10.9. The van der Waals surface area contributed by atoms with Crippen LogP contribution in [0.15, 0.2) is 24.3 Å². The lowest BCUT2D eigenvalue weighted by molar-refractivity contribution is -0.138. The predicted octanol–water partition coefficient (Wildman–Crippen LogP) is 3.37. The smallest absolute Gasteiger partial charge is 0.155 e. The quantitative estimate of drug-likeness (QED) is 0.513. The van der Waals surface area contributed by atoms with E-state index in [9.17, 15) is 0 Å². The minimum atomic E-state index is -0.175. The van der Waals surface area contributed by atoms with Crippen LogP contribution in [0.3, 0.4) is 0 Å². The first-order chi connectivity index (χ1) is 8.27. The molecular formula is C14H22O3. The van der Waals surface area contributed by atoms with Crippen LogP contribution in [-0.4, -0.2) is 20.0 Å². The third kappa shape index (κ3) is 5.20. The van der Waals surface area contributed by atoms with Crippen LogP contribution in [0.1, 0.15) is 32.3 Å². The summed E-state index contributed by atoms with van der Waals surface area (Å²) in [5.41, 5.74) is 1.04. The Hall–Kier alpha value is -1.06. The Kier molecular flexibility index (Phi) is 6.67. The highest BCUT2D eigenvalue weighted by Crippen LogP contribution is 2.18. The van der Waals surface area contributed by atoms with Gasteiger partial charge in [-0.25, -0.2) is 0 Å². The summed E-state index contributed by atoms with van der Waals surface area (Å²) in [4.78, 5) is 0. The van der Waals surface area contributed by atoms with Crippen molar-refractivity contribution in [2.45, 2.75) is 39.6 Å². The minimum absolute atomic E-state index is 0.175. The van der Waals surface area contributed by atoms with Crippen LogP contribution in [-0.2, 0) is 16.1 Å². The van der Waals surface area contributed by atoms with Gasteiger partial charge in [-0.15, -0.1) is 0 Å². The van der Waals surface area contributed by atoms with Crippen molar-refractivity contribution in [3.63, 3.8) is 0 Å². The molecule has 1 aromatic rings. The summed E-state index contributed by atoms with van der Waals surface area (Å²) >= 11 is 0. The summed E-state index contributed by atoms with van der Waals surface area (Å²) < 4.78 is 16.4. The van der Waals surface area contributed by atoms with E-state index in [4.69, 9.17) is 14.2 Å². The van der Waals surface area contributed by atoms with Gasteiger partial charge in [-0.05, 0) is 19.4 Å². The Balaban J connectivity index is 2.33. The Bertz CT molecular complexity index is 312. The summed E-state index contributed by atoms with van der Waals surface area (Å²) in [6.45, 7) is 5.33. The number of hydrogen-bond donors (Lipinski definition) is 0. The highest BCUT2D eigenvalue weighted by molar-refractivity contribution is 5.32. The molecule has 0 saturated heterocycles. The van der Waals surface area contributed by atoms with E-state index in [-0.39, 0.29) is 6.29 Å². The fraction of sp³-hybridized carbons (Fsp3) is 0.571. The lowest BCUT2D eigenvalue weighted by Gasteiger charge is -2.15. The van der Waals surface area contributed by atoms with Gasteiger partial charge < -0.3 is 14.2 Å². The van der Waals surface area contributed by atoms with E-state index in [0.29, 0.717) is 6.61 Å². The summed E-state index contributed by atoms with van der Waals surface area (Å²) in [5.74, 6) is 0.855. The van der Waals surface area contributed by atoms with Gasteiger partial charge in [-0.3, -0.25) is 0 Å². The second-order valence-electron chi connectivity index (χ2n) is 3.91. The van der Waals surface area contributed by atoms with Crippen molar-refractivity contribution in [1.82, 2.24) is 0 Å². The maximum atomic E-state index is 5.61. The fourth-order valence-corrected chi connectivity index (χ4v) is 1.47. The Morgan fingerprint density at radius 2 is 1.94 bits per heavy atom. The van der Waals surface area contributed by atoms with Crippen LogP contribution in [0.5, 0.6) is 5.75 Å². The van der Waals surface area contributed by atoms with Gasteiger partial charge >= 0.3 is 0 Å². The normalized spacial score (nSPS) is 12.4. The van der Waals surface area contributed by atoms with Crippen molar-refractivity contribution in [1.29, 1.82) is 0 Å². The molecule has 0 saturated carbocycles. The molecule has 0 bridgehead atoms. The highest BCUT2D eigenvalue weighted by Gasteiger charge is 2.05. The lowest BCUT2D eigenvalue weighted by atomic mass is 10.2. The molecule has 17 heavy (non-hydrogen) atoms. The molecule has 0 unspecified atom stereocenters. The second kappa shape index (κ2) is 8.09. The second-order valence-corrected chi connectivity index (χ2v) is 3.91. The van der Waals surface area contributed by atoms with Gasteiger partial charge in [0.2, 0.25) is 0 Å². The third-order valence-electron chi connectivity index (χ3n) is 2.52. The van der Waals surface area contributed by atoms with Crippen molar-refractivity contribution in [2.75, 3.05) is 13.7 Å². The highest BCUT2D eigenvalue weighted by atomic mass is 16.7. The molecule has 0 heterocycles. The first kappa shape index (κ1) is 14.0. The minimum Gasteiger partial charge on any atom is -0.496 e. The Labute approximate surface area is 104 Å². The average molecular weight is 238 g/mol. The van der Waals surface area contributed by atoms with Gasteiger partial charge in [0.05, 0.1) is 13.7 Å². The SMILES string of the molecule is CCCCO[C@H](C)OCc1ccccc1OC. The maximum Gasteiger partial charge on any atom is 0.155 e. The largest absolute Gasteiger partial charge is 0.496 e. The van der Waals surface area contributed by atoms with E-state index in [1.54, 1.807) is 7.11 Å². The van der Waals surface area contributed by atoms with Crippen LogP contribution in [0.2, 0.25) is 0 Å². The van der Waals surface area contributed by atoms with Crippen LogP contribution in [0, 0.1) is 0 Å². The zero-order chi connectivity index (χ0) is 12.5. The molecule has 0 aliphatic carbocycles. The zero-order valence-corrected chi connectivity index (χ0v) is 10.9. The number of hydrogen-bond acceptors (Lipinski definition) is 3. The molecule has 0 radical (unpaired) electrons. The molecule has 0 amide bonds. The van der Waals surface area contributed by atoms with Crippen LogP contribution < -0.4 is 4.74 Å². The number of ether oxygens (including phenoxy) is 3. The summed E-state index contributed by atoms with van der Waals surface area (Å²) in [6, 6.07) is 7.85. The maximum absolute atomic E-state index is 5.61. The van der Waals surface area contributed by atoms with E-state index in [0.717, 1.165) is 30.8 Å². The molecule has 3 nitrogen and oxygen atoms in total. The van der Waals surface area contributed by atoms with Crippen molar-refractivity contribution in [2.24, 2.45) is 0 Å². The molecule has 0 fully saturated rings. The molecule has 0 N–H and O–H groups in total. The Morgan fingerprint density at radius 1 is 1.18 bits per heavy atom. The first-order valence-corrected chi connectivity index (χ1v) is 6.13. The van der Waals surface area contributed by atoms with Crippen LogP contribution in [0.25, 0.3) is 0 Å². The average Bonchev–Trinajstić information content (AvgIpc) is 2.37. The number of rotatable bonds is 8. The number of para-hydroxylation sites is 1. The summed E-state index contributed by atoms with van der Waals surface area (Å²) in [7, 11) is 1.67. The first-order valence-electron chi connectivity index (χ1n) is 6.13. The van der Waals surface area contributed by atoms with E-state index < -0.39 is 0 Å². The molecule has 0 aromatic heterocycles. The van der Waals surface area contributed by atoms with Crippen molar-refractivity contribution in [3.8, 4) is 5.75 Å². The number of unbranched alkanes of at least 4 members (excludes halogenated alkanes) is 1. The molecular weight excluding hydrogens is 216 g/mol. The molecule has 96 valence electrons. The molecule has 0 aliphatic heterocycles. The number of benzene rings is 1. The Morgan fingerprint density at radius 3 is 2.65 bits per heavy atom. The number of methoxy groups -OCH3 is 1. The lowest BCUT2D eigenvalue weighted by Crippen LogP contribution is -2.13. The summed E-state index contributed by atoms with van der Waals surface area (Å²) in [5, 5.41) is 0. The molecule has 1 atom stereocenters. The predicted molar refractivity (Wildman–Crippen MR) is 68.1 cm³/mol. The molecule has 0 spiro atoms. The van der Waals surface area contributed by atoms with E-state index >= 15 is 0 Å². The summed E-state index contributed by atoms with van der Waals surface area (Å²) in [6.07, 6.45) is 2.04. The third-order valence-corrected chi connectivity index (χ3v) is 2.52. The van der Waals surface area contributed by atoms with Crippen molar-refractivity contribution in [3.05, 3.63) is 29.8 Å². The molecule has 1 rings (SSSR count). The van der Waals surface area contributed by atoms with Gasteiger partial charge in [-0.2, -0.15) is 0 Å². The van der Waals surface area contributed by atoms with Crippen molar-refractivity contribution >= 4 is 0 Å². The molecule has 3 heteroatoms. The van der Waals surface area contributed by atoms with Gasteiger partial charge in [0.1, 0.15) is 5.75 Å². The van der Waals surface area contributed by atoms with Gasteiger partial charge in [0.15, 0.2) is 6.29 Å². The standard InChI is InChI=1S/C14H22O3/c1-4-5-10-16-12(2)17-11-13-8-6-7-9-14(13)15-3/h6-9,12H,4-5,10-11H2,1-3H3/t12-/m0/s1. The monoisotopic (exact) mass is 238 g/mol. The van der Waals surface area contributed by atoms with Gasteiger partial charge in [-0.1, -0.05) is 31.5 Å². The molecule has 0 aliphatic rings. The van der Waals surface area contributed by atoms with E-state index in [2.05, 4.69) is 6.92 Å². The van der Waals surface area contributed by atoms with E-state index in [1.165, 1.54) is 0 Å². The van der Waals surface area contributed by atoms with Gasteiger partial charge in [0.25, 0.3) is 0 Å². The molecule has 1 aromatic carbocycles. The topological polar surface area (TPSA) is 27.7 Å². The van der Waals surface area contributed by atoms with Crippen LogP contribution in [0.4, 0.5) is 0 Å². The van der Waals surface area contributed by atoms with Gasteiger partial charge in [0, 0.05) is 12.2 Å².